The third kappa shape index (κ3) is 5.50. The zero-order valence-electron chi connectivity index (χ0n) is 14.1. The third-order valence-corrected chi connectivity index (χ3v) is 4.10. The fraction of sp³-hybridized carbons (Fsp3) is 0.667. The quantitative estimate of drug-likeness (QED) is 0.691. The summed E-state index contributed by atoms with van der Waals surface area (Å²) in [7, 11) is 1.66. The Morgan fingerprint density at radius 2 is 2.05 bits per heavy atom. The molecule has 0 radical (unpaired) electrons. The number of hydrogen-bond acceptors (Lipinski definition) is 4. The van der Waals surface area contributed by atoms with Crippen molar-refractivity contribution in [1.29, 1.82) is 0 Å². The van der Waals surface area contributed by atoms with E-state index in [9.17, 15) is 0 Å². The van der Waals surface area contributed by atoms with Gasteiger partial charge < -0.3 is 19.1 Å². The summed E-state index contributed by atoms with van der Waals surface area (Å²) in [5, 5.41) is 0. The minimum Gasteiger partial charge on any atom is -0.493 e. The first-order valence-electron chi connectivity index (χ1n) is 8.26. The van der Waals surface area contributed by atoms with Gasteiger partial charge in [0.2, 0.25) is 0 Å². The standard InChI is InChI=1S/C18H29NO3/c1-15-6-7-17(18(13-15)20-3)22-12-11-21-10-9-19-8-4-5-16(2)14-19/h6-7,13,16H,4-5,8-12,14H2,1-3H3/t16-/m1/s1. The van der Waals surface area contributed by atoms with Crippen LogP contribution in [0.1, 0.15) is 25.3 Å². The minimum atomic E-state index is 0.551. The van der Waals surface area contributed by atoms with Gasteiger partial charge in [0.25, 0.3) is 0 Å². The van der Waals surface area contributed by atoms with Gasteiger partial charge in [0, 0.05) is 13.1 Å². The predicted octanol–water partition coefficient (Wildman–Crippen LogP) is 3.13. The second-order valence-corrected chi connectivity index (χ2v) is 6.16. The number of rotatable bonds is 8. The van der Waals surface area contributed by atoms with Gasteiger partial charge in [-0.05, 0) is 49.9 Å². The van der Waals surface area contributed by atoms with Crippen molar-refractivity contribution in [3.05, 3.63) is 23.8 Å². The molecule has 2 rings (SSSR count). The largest absolute Gasteiger partial charge is 0.493 e. The molecule has 1 atom stereocenters. The highest BCUT2D eigenvalue weighted by molar-refractivity contribution is 5.42. The molecule has 22 heavy (non-hydrogen) atoms. The fourth-order valence-corrected chi connectivity index (χ4v) is 2.89. The van der Waals surface area contributed by atoms with Crippen LogP contribution < -0.4 is 9.47 Å². The van der Waals surface area contributed by atoms with Gasteiger partial charge in [0.05, 0.1) is 20.3 Å². The number of aryl methyl sites for hydroxylation is 1. The highest BCUT2D eigenvalue weighted by Gasteiger charge is 2.15. The van der Waals surface area contributed by atoms with Crippen molar-refractivity contribution in [2.45, 2.75) is 26.7 Å². The number of benzene rings is 1. The molecule has 1 aliphatic heterocycles. The summed E-state index contributed by atoms with van der Waals surface area (Å²) in [6.45, 7) is 9.76. The Hall–Kier alpha value is -1.26. The van der Waals surface area contributed by atoms with Gasteiger partial charge in [-0.1, -0.05) is 13.0 Å². The summed E-state index contributed by atoms with van der Waals surface area (Å²) in [6, 6.07) is 5.95. The van der Waals surface area contributed by atoms with Crippen LogP contribution in [-0.4, -0.2) is 51.5 Å². The molecule has 1 aromatic carbocycles. The second kappa shape index (κ2) is 9.01. The van der Waals surface area contributed by atoms with Crippen LogP contribution in [0, 0.1) is 12.8 Å². The van der Waals surface area contributed by atoms with Crippen LogP contribution in [0.2, 0.25) is 0 Å². The maximum absolute atomic E-state index is 5.73. The summed E-state index contributed by atoms with van der Waals surface area (Å²) >= 11 is 0. The summed E-state index contributed by atoms with van der Waals surface area (Å²) in [5.74, 6) is 2.38. The minimum absolute atomic E-state index is 0.551. The molecule has 0 aromatic heterocycles. The summed E-state index contributed by atoms with van der Waals surface area (Å²) in [6.07, 6.45) is 2.68. The van der Waals surface area contributed by atoms with Crippen molar-refractivity contribution in [3.63, 3.8) is 0 Å². The first-order valence-corrected chi connectivity index (χ1v) is 8.26. The first kappa shape index (κ1) is 17.1. The zero-order valence-corrected chi connectivity index (χ0v) is 14.1. The summed E-state index contributed by atoms with van der Waals surface area (Å²) in [5.41, 5.74) is 1.16. The molecule has 4 heteroatoms. The summed E-state index contributed by atoms with van der Waals surface area (Å²) < 4.78 is 16.7. The Kier molecular flexibility index (Phi) is 7.00. The van der Waals surface area contributed by atoms with Gasteiger partial charge in [-0.3, -0.25) is 0 Å². The molecule has 0 unspecified atom stereocenters. The Labute approximate surface area is 134 Å². The van der Waals surface area contributed by atoms with Gasteiger partial charge >= 0.3 is 0 Å². The molecule has 1 aliphatic rings. The molecule has 124 valence electrons. The van der Waals surface area contributed by atoms with Crippen molar-refractivity contribution >= 4 is 0 Å². The van der Waals surface area contributed by atoms with Gasteiger partial charge in [0.1, 0.15) is 6.61 Å². The van der Waals surface area contributed by atoms with Crippen LogP contribution in [-0.2, 0) is 4.74 Å². The van der Waals surface area contributed by atoms with Crippen LogP contribution in [0.3, 0.4) is 0 Å². The fourth-order valence-electron chi connectivity index (χ4n) is 2.89. The summed E-state index contributed by atoms with van der Waals surface area (Å²) in [4.78, 5) is 2.50. The lowest BCUT2D eigenvalue weighted by Gasteiger charge is -2.30. The van der Waals surface area contributed by atoms with E-state index in [1.807, 2.05) is 25.1 Å². The molecule has 1 fully saturated rings. The van der Waals surface area contributed by atoms with Crippen molar-refractivity contribution in [1.82, 2.24) is 4.90 Å². The average molecular weight is 307 g/mol. The van der Waals surface area contributed by atoms with Gasteiger partial charge in [-0.15, -0.1) is 0 Å². The van der Waals surface area contributed by atoms with Crippen LogP contribution >= 0.6 is 0 Å². The maximum Gasteiger partial charge on any atom is 0.161 e. The number of piperidine rings is 1. The monoisotopic (exact) mass is 307 g/mol. The second-order valence-electron chi connectivity index (χ2n) is 6.16. The average Bonchev–Trinajstić information content (AvgIpc) is 2.52. The van der Waals surface area contributed by atoms with E-state index >= 15 is 0 Å². The van der Waals surface area contributed by atoms with Crippen LogP contribution in [0.4, 0.5) is 0 Å². The van der Waals surface area contributed by atoms with E-state index in [0.29, 0.717) is 13.2 Å². The Morgan fingerprint density at radius 3 is 2.82 bits per heavy atom. The van der Waals surface area contributed by atoms with Crippen molar-refractivity contribution < 1.29 is 14.2 Å². The normalized spacial score (nSPS) is 19.1. The molecular weight excluding hydrogens is 278 g/mol. The van der Waals surface area contributed by atoms with Crippen LogP contribution in [0.15, 0.2) is 18.2 Å². The lowest BCUT2D eigenvalue weighted by Crippen LogP contribution is -2.36. The molecule has 0 bridgehead atoms. The predicted molar refractivity (Wildman–Crippen MR) is 88.9 cm³/mol. The number of nitrogens with zero attached hydrogens (tertiary/aromatic N) is 1. The topological polar surface area (TPSA) is 30.9 Å². The SMILES string of the molecule is COc1cc(C)ccc1OCCOCCN1CCC[C@@H](C)C1. The van der Waals surface area contributed by atoms with Crippen molar-refractivity contribution in [3.8, 4) is 11.5 Å². The van der Waals surface area contributed by atoms with Crippen molar-refractivity contribution in [2.75, 3.05) is 46.6 Å². The smallest absolute Gasteiger partial charge is 0.161 e. The molecule has 4 nitrogen and oxygen atoms in total. The number of likely N-dealkylation sites (tertiary alicyclic amines) is 1. The van der Waals surface area contributed by atoms with E-state index in [1.165, 1.54) is 25.9 Å². The van der Waals surface area contributed by atoms with E-state index in [-0.39, 0.29) is 0 Å². The molecule has 0 N–H and O–H groups in total. The van der Waals surface area contributed by atoms with Crippen LogP contribution in [0.25, 0.3) is 0 Å². The molecule has 1 saturated heterocycles. The van der Waals surface area contributed by atoms with E-state index in [0.717, 1.165) is 36.1 Å². The van der Waals surface area contributed by atoms with Gasteiger partial charge in [-0.25, -0.2) is 0 Å². The molecule has 0 aliphatic carbocycles. The Morgan fingerprint density at radius 1 is 1.18 bits per heavy atom. The van der Waals surface area contributed by atoms with E-state index < -0.39 is 0 Å². The number of methoxy groups -OCH3 is 1. The van der Waals surface area contributed by atoms with Crippen LogP contribution in [0.5, 0.6) is 11.5 Å². The third-order valence-electron chi connectivity index (χ3n) is 4.10. The van der Waals surface area contributed by atoms with E-state index in [1.54, 1.807) is 7.11 Å². The molecule has 0 saturated carbocycles. The Balaban J connectivity index is 1.59. The van der Waals surface area contributed by atoms with E-state index in [4.69, 9.17) is 14.2 Å². The highest BCUT2D eigenvalue weighted by atomic mass is 16.5. The molecule has 0 spiro atoms. The molecular formula is C18H29NO3. The van der Waals surface area contributed by atoms with E-state index in [2.05, 4.69) is 11.8 Å². The number of ether oxygens (including phenoxy) is 3. The Bertz CT molecular complexity index is 450. The molecule has 1 heterocycles. The van der Waals surface area contributed by atoms with Gasteiger partial charge in [0.15, 0.2) is 11.5 Å². The van der Waals surface area contributed by atoms with Crippen molar-refractivity contribution in [2.24, 2.45) is 5.92 Å². The van der Waals surface area contributed by atoms with Gasteiger partial charge in [-0.2, -0.15) is 0 Å². The molecule has 0 amide bonds. The highest BCUT2D eigenvalue weighted by Crippen LogP contribution is 2.27. The maximum atomic E-state index is 5.73. The lowest BCUT2D eigenvalue weighted by molar-refractivity contribution is 0.0683. The molecule has 1 aromatic rings. The zero-order chi connectivity index (χ0) is 15.8. The first-order chi connectivity index (χ1) is 10.7. The lowest BCUT2D eigenvalue weighted by atomic mass is 10.0. The number of hydrogen-bond donors (Lipinski definition) is 0.